The minimum absolute atomic E-state index is 0.0641. The van der Waals surface area contributed by atoms with E-state index in [1.807, 2.05) is 13.8 Å². The van der Waals surface area contributed by atoms with Gasteiger partial charge in [-0.25, -0.2) is 14.3 Å². The fourth-order valence-electron chi connectivity index (χ4n) is 2.18. The van der Waals surface area contributed by atoms with Gasteiger partial charge in [0.05, 0.1) is 23.6 Å². The van der Waals surface area contributed by atoms with Crippen LogP contribution in [0.4, 0.5) is 0 Å². The van der Waals surface area contributed by atoms with Crippen LogP contribution in [-0.4, -0.2) is 38.6 Å². The maximum absolute atomic E-state index is 11.9. The molecule has 0 spiro atoms. The SMILES string of the molecule is CCCOC(=O)c1cccc(-n2nnc(C(=O)O)c2CCC)c1. The third kappa shape index (κ3) is 3.74. The largest absolute Gasteiger partial charge is 0.476 e. The Kier molecular flexibility index (Phi) is 5.46. The van der Waals surface area contributed by atoms with E-state index in [9.17, 15) is 14.7 Å². The van der Waals surface area contributed by atoms with Crippen molar-refractivity contribution < 1.29 is 19.4 Å². The van der Waals surface area contributed by atoms with Crippen LogP contribution in [0.25, 0.3) is 5.69 Å². The van der Waals surface area contributed by atoms with Crippen LogP contribution in [0.5, 0.6) is 0 Å². The molecule has 1 N–H and O–H groups in total. The second kappa shape index (κ2) is 7.53. The molecule has 1 aromatic carbocycles. The minimum atomic E-state index is -1.11. The fraction of sp³-hybridized carbons (Fsp3) is 0.375. The van der Waals surface area contributed by atoms with Crippen LogP contribution in [0.2, 0.25) is 0 Å². The van der Waals surface area contributed by atoms with Crippen molar-refractivity contribution in [3.63, 3.8) is 0 Å². The van der Waals surface area contributed by atoms with Gasteiger partial charge < -0.3 is 9.84 Å². The number of carbonyl (C=O) groups excluding carboxylic acids is 1. The van der Waals surface area contributed by atoms with Gasteiger partial charge in [-0.2, -0.15) is 0 Å². The lowest BCUT2D eigenvalue weighted by Gasteiger charge is -2.08. The molecule has 0 fully saturated rings. The Morgan fingerprint density at radius 2 is 2.04 bits per heavy atom. The van der Waals surface area contributed by atoms with E-state index < -0.39 is 11.9 Å². The summed E-state index contributed by atoms with van der Waals surface area (Å²) in [6, 6.07) is 6.72. The molecule has 0 saturated heterocycles. The molecule has 0 unspecified atom stereocenters. The van der Waals surface area contributed by atoms with Crippen molar-refractivity contribution in [2.75, 3.05) is 6.61 Å². The summed E-state index contributed by atoms with van der Waals surface area (Å²) in [7, 11) is 0. The molecule has 1 heterocycles. The van der Waals surface area contributed by atoms with E-state index in [2.05, 4.69) is 10.3 Å². The molecule has 2 rings (SSSR count). The van der Waals surface area contributed by atoms with Gasteiger partial charge in [-0.05, 0) is 31.0 Å². The first kappa shape index (κ1) is 16.7. The number of carboxylic acid groups (broad SMARTS) is 1. The highest BCUT2D eigenvalue weighted by molar-refractivity contribution is 5.90. The normalized spacial score (nSPS) is 10.5. The van der Waals surface area contributed by atoms with E-state index in [0.717, 1.165) is 12.8 Å². The number of hydrogen-bond acceptors (Lipinski definition) is 5. The predicted molar refractivity (Wildman–Crippen MR) is 82.9 cm³/mol. The van der Waals surface area contributed by atoms with Crippen LogP contribution < -0.4 is 0 Å². The molecule has 7 nitrogen and oxygen atoms in total. The first-order valence-electron chi connectivity index (χ1n) is 7.53. The molecule has 0 atom stereocenters. The number of aromatic carboxylic acids is 1. The molecule has 7 heteroatoms. The molecule has 0 aliphatic carbocycles. The molecule has 0 aliphatic heterocycles. The van der Waals surface area contributed by atoms with Crippen molar-refractivity contribution in [2.45, 2.75) is 33.1 Å². The number of carbonyl (C=O) groups is 2. The van der Waals surface area contributed by atoms with Gasteiger partial charge in [0, 0.05) is 0 Å². The third-order valence-corrected chi connectivity index (χ3v) is 3.22. The summed E-state index contributed by atoms with van der Waals surface area (Å²) < 4.78 is 6.57. The average Bonchev–Trinajstić information content (AvgIpc) is 2.97. The first-order chi connectivity index (χ1) is 11.1. The molecule has 0 saturated carbocycles. The maximum atomic E-state index is 11.9. The van der Waals surface area contributed by atoms with Crippen LogP contribution in [0.3, 0.4) is 0 Å². The van der Waals surface area contributed by atoms with Crippen molar-refractivity contribution in [1.29, 1.82) is 0 Å². The van der Waals surface area contributed by atoms with Gasteiger partial charge in [-0.3, -0.25) is 0 Å². The van der Waals surface area contributed by atoms with Gasteiger partial charge in [0.2, 0.25) is 0 Å². The van der Waals surface area contributed by atoms with E-state index in [1.54, 1.807) is 24.3 Å². The number of hydrogen-bond donors (Lipinski definition) is 1. The number of esters is 1. The summed E-state index contributed by atoms with van der Waals surface area (Å²) in [5, 5.41) is 16.9. The van der Waals surface area contributed by atoms with Gasteiger partial charge in [-0.1, -0.05) is 31.5 Å². The summed E-state index contributed by atoms with van der Waals surface area (Å²) in [4.78, 5) is 23.2. The number of aromatic nitrogens is 3. The topological polar surface area (TPSA) is 94.3 Å². The van der Waals surface area contributed by atoms with Crippen LogP contribution in [-0.2, 0) is 11.2 Å². The van der Waals surface area contributed by atoms with Crippen LogP contribution in [0, 0.1) is 0 Å². The van der Waals surface area contributed by atoms with E-state index >= 15 is 0 Å². The Balaban J connectivity index is 2.39. The fourth-order valence-corrected chi connectivity index (χ4v) is 2.18. The second-order valence-electron chi connectivity index (χ2n) is 5.04. The summed E-state index contributed by atoms with van der Waals surface area (Å²) in [5.74, 6) is -1.53. The molecule has 0 radical (unpaired) electrons. The van der Waals surface area contributed by atoms with Crippen molar-refractivity contribution >= 4 is 11.9 Å². The van der Waals surface area contributed by atoms with Crippen molar-refractivity contribution in [2.24, 2.45) is 0 Å². The van der Waals surface area contributed by atoms with E-state index in [4.69, 9.17) is 4.74 Å². The lowest BCUT2D eigenvalue weighted by atomic mass is 10.1. The Morgan fingerprint density at radius 3 is 2.70 bits per heavy atom. The van der Waals surface area contributed by atoms with Crippen molar-refractivity contribution in [3.8, 4) is 5.69 Å². The number of ether oxygens (including phenoxy) is 1. The molecule has 1 aromatic heterocycles. The quantitative estimate of drug-likeness (QED) is 0.788. The number of carboxylic acids is 1. The van der Waals surface area contributed by atoms with Gasteiger partial charge in [0.15, 0.2) is 5.69 Å². The van der Waals surface area contributed by atoms with Crippen molar-refractivity contribution in [1.82, 2.24) is 15.0 Å². The third-order valence-electron chi connectivity index (χ3n) is 3.22. The Hall–Kier alpha value is -2.70. The monoisotopic (exact) mass is 317 g/mol. The number of rotatable bonds is 7. The Morgan fingerprint density at radius 1 is 1.26 bits per heavy atom. The molecular formula is C16H19N3O4. The summed E-state index contributed by atoms with van der Waals surface area (Å²) >= 11 is 0. The lowest BCUT2D eigenvalue weighted by Crippen LogP contribution is -2.09. The van der Waals surface area contributed by atoms with Gasteiger partial charge in [0.25, 0.3) is 0 Å². The molecular weight excluding hydrogens is 298 g/mol. The Bertz CT molecular complexity index is 709. The molecule has 0 aliphatic rings. The van der Waals surface area contributed by atoms with Crippen LogP contribution in [0.15, 0.2) is 24.3 Å². The zero-order valence-electron chi connectivity index (χ0n) is 13.2. The smallest absolute Gasteiger partial charge is 0.358 e. The molecule has 23 heavy (non-hydrogen) atoms. The summed E-state index contributed by atoms with van der Waals surface area (Å²) in [6.45, 7) is 4.22. The Labute approximate surface area is 133 Å². The highest BCUT2D eigenvalue weighted by atomic mass is 16.5. The van der Waals surface area contributed by atoms with Gasteiger partial charge in [0.1, 0.15) is 0 Å². The number of nitrogens with zero attached hydrogens (tertiary/aromatic N) is 3. The first-order valence-corrected chi connectivity index (χ1v) is 7.53. The predicted octanol–water partition coefficient (Wildman–Crippen LogP) is 2.48. The van der Waals surface area contributed by atoms with E-state index in [1.165, 1.54) is 4.68 Å². The summed E-state index contributed by atoms with van der Waals surface area (Å²) in [5.41, 5.74) is 1.43. The average molecular weight is 317 g/mol. The van der Waals surface area contributed by atoms with Crippen molar-refractivity contribution in [3.05, 3.63) is 41.2 Å². The molecule has 2 aromatic rings. The van der Waals surface area contributed by atoms with Crippen LogP contribution >= 0.6 is 0 Å². The zero-order valence-corrected chi connectivity index (χ0v) is 13.2. The van der Waals surface area contributed by atoms with Gasteiger partial charge >= 0.3 is 11.9 Å². The molecule has 0 bridgehead atoms. The maximum Gasteiger partial charge on any atom is 0.358 e. The van der Waals surface area contributed by atoms with Crippen LogP contribution in [0.1, 0.15) is 53.2 Å². The molecule has 122 valence electrons. The number of benzene rings is 1. The summed E-state index contributed by atoms with van der Waals surface area (Å²) in [6.07, 6.45) is 2.03. The second-order valence-corrected chi connectivity index (χ2v) is 5.04. The standard InChI is InChI=1S/C16H19N3O4/c1-3-6-13-14(15(20)21)17-18-19(13)12-8-5-7-11(10-12)16(22)23-9-4-2/h5,7-8,10H,3-4,6,9H2,1-2H3,(H,20,21). The van der Waals surface area contributed by atoms with E-state index in [0.29, 0.717) is 30.0 Å². The highest BCUT2D eigenvalue weighted by Crippen LogP contribution is 2.17. The highest BCUT2D eigenvalue weighted by Gasteiger charge is 2.19. The molecule has 0 amide bonds. The lowest BCUT2D eigenvalue weighted by molar-refractivity contribution is 0.0504. The van der Waals surface area contributed by atoms with Gasteiger partial charge in [-0.15, -0.1) is 5.10 Å². The van der Waals surface area contributed by atoms with E-state index in [-0.39, 0.29) is 5.69 Å². The zero-order chi connectivity index (χ0) is 16.8. The minimum Gasteiger partial charge on any atom is -0.476 e.